The van der Waals surface area contributed by atoms with Crippen molar-refractivity contribution in [2.24, 2.45) is 0 Å². The van der Waals surface area contributed by atoms with E-state index in [1.54, 1.807) is 7.11 Å². The fourth-order valence-electron chi connectivity index (χ4n) is 2.32. The van der Waals surface area contributed by atoms with E-state index >= 15 is 0 Å². The smallest absolute Gasteiger partial charge is 0.124 e. The number of hydrogen-bond acceptors (Lipinski definition) is 3. The number of halogens is 2. The molecule has 0 aliphatic carbocycles. The lowest BCUT2D eigenvalue weighted by molar-refractivity contribution is 0.171. The molecule has 1 heterocycles. The normalized spacial score (nSPS) is 12.5. The van der Waals surface area contributed by atoms with Crippen molar-refractivity contribution in [3.8, 4) is 5.75 Å². The van der Waals surface area contributed by atoms with Crippen molar-refractivity contribution < 1.29 is 9.84 Å². The zero-order valence-electron chi connectivity index (χ0n) is 12.2. The van der Waals surface area contributed by atoms with Crippen LogP contribution in [0.15, 0.2) is 22.7 Å². The summed E-state index contributed by atoms with van der Waals surface area (Å²) in [6, 6.07) is 5.56. The van der Waals surface area contributed by atoms with Crippen molar-refractivity contribution in [1.82, 2.24) is 9.78 Å². The zero-order valence-corrected chi connectivity index (χ0v) is 14.6. The Hall–Kier alpha value is -1.04. The number of aromatic nitrogens is 2. The van der Waals surface area contributed by atoms with E-state index in [-0.39, 0.29) is 0 Å². The second kappa shape index (κ2) is 6.81. The Kier molecular flexibility index (Phi) is 5.30. The molecule has 1 N–H and O–H groups in total. The molecule has 1 aromatic carbocycles. The van der Waals surface area contributed by atoms with E-state index < -0.39 is 6.10 Å². The van der Waals surface area contributed by atoms with E-state index in [0.29, 0.717) is 23.7 Å². The first-order valence-corrected chi connectivity index (χ1v) is 7.88. The molecule has 6 heteroatoms. The zero-order chi connectivity index (χ0) is 15.6. The third kappa shape index (κ3) is 3.42. The highest BCUT2D eigenvalue weighted by Gasteiger charge is 2.20. The summed E-state index contributed by atoms with van der Waals surface area (Å²) in [6.07, 6.45) is -0.323. The van der Waals surface area contributed by atoms with Gasteiger partial charge in [0.1, 0.15) is 5.75 Å². The first-order valence-electron chi connectivity index (χ1n) is 6.71. The van der Waals surface area contributed by atoms with Crippen LogP contribution in [0, 0.1) is 6.92 Å². The third-order valence-corrected chi connectivity index (χ3v) is 4.38. The van der Waals surface area contributed by atoms with Crippen LogP contribution in [0.25, 0.3) is 0 Å². The van der Waals surface area contributed by atoms with Gasteiger partial charge in [-0.25, -0.2) is 0 Å². The number of aliphatic hydroxyl groups is 1. The number of methoxy groups -OCH3 is 1. The standard InChI is InChI=1S/C15H18BrClN2O2/c1-4-19-12(15(17)9(2)18-19)8-13(20)11-7-10(16)5-6-14(11)21-3/h5-7,13,20H,4,8H2,1-3H3. The minimum Gasteiger partial charge on any atom is -0.496 e. The van der Waals surface area contributed by atoms with Crippen molar-refractivity contribution in [3.63, 3.8) is 0 Å². The Bertz CT molecular complexity index is 643. The Labute approximate surface area is 137 Å². The van der Waals surface area contributed by atoms with Crippen LogP contribution in [0.1, 0.15) is 30.0 Å². The van der Waals surface area contributed by atoms with Crippen LogP contribution in [-0.4, -0.2) is 22.0 Å². The molecule has 0 radical (unpaired) electrons. The fraction of sp³-hybridized carbons (Fsp3) is 0.400. The van der Waals surface area contributed by atoms with Gasteiger partial charge in [0.05, 0.1) is 29.6 Å². The monoisotopic (exact) mass is 372 g/mol. The molecule has 2 rings (SSSR count). The summed E-state index contributed by atoms with van der Waals surface area (Å²) in [4.78, 5) is 0. The summed E-state index contributed by atoms with van der Waals surface area (Å²) in [5.74, 6) is 0.654. The largest absolute Gasteiger partial charge is 0.496 e. The highest BCUT2D eigenvalue weighted by molar-refractivity contribution is 9.10. The lowest BCUT2D eigenvalue weighted by atomic mass is 10.0. The Balaban J connectivity index is 2.34. The average Bonchev–Trinajstić information content (AvgIpc) is 2.74. The maximum atomic E-state index is 10.6. The molecule has 114 valence electrons. The maximum absolute atomic E-state index is 10.6. The first kappa shape index (κ1) is 16.3. The number of rotatable bonds is 5. The minimum atomic E-state index is -0.712. The molecule has 1 atom stereocenters. The van der Waals surface area contributed by atoms with Gasteiger partial charge in [0, 0.05) is 23.0 Å². The van der Waals surface area contributed by atoms with Crippen LogP contribution in [0.4, 0.5) is 0 Å². The molecular formula is C15H18BrClN2O2. The molecule has 4 nitrogen and oxygen atoms in total. The molecule has 2 aromatic rings. The van der Waals surface area contributed by atoms with Crippen LogP contribution in [0.5, 0.6) is 5.75 Å². The fourth-order valence-corrected chi connectivity index (χ4v) is 2.91. The molecule has 0 saturated heterocycles. The highest BCUT2D eigenvalue weighted by atomic mass is 79.9. The molecule has 0 saturated carbocycles. The summed E-state index contributed by atoms with van der Waals surface area (Å²) in [7, 11) is 1.59. The average molecular weight is 374 g/mol. The maximum Gasteiger partial charge on any atom is 0.124 e. The topological polar surface area (TPSA) is 47.3 Å². The third-order valence-electron chi connectivity index (χ3n) is 3.39. The van der Waals surface area contributed by atoms with E-state index in [2.05, 4.69) is 21.0 Å². The van der Waals surface area contributed by atoms with E-state index in [1.807, 2.05) is 36.7 Å². The number of hydrogen-bond donors (Lipinski definition) is 1. The minimum absolute atomic E-state index is 0.389. The van der Waals surface area contributed by atoms with Crippen LogP contribution in [0.3, 0.4) is 0 Å². The number of aliphatic hydroxyl groups excluding tert-OH is 1. The van der Waals surface area contributed by atoms with Crippen LogP contribution in [0.2, 0.25) is 5.02 Å². The summed E-state index contributed by atoms with van der Waals surface area (Å²) in [5, 5.41) is 15.5. The summed E-state index contributed by atoms with van der Waals surface area (Å²) in [5.41, 5.74) is 2.34. The summed E-state index contributed by atoms with van der Waals surface area (Å²) in [6.45, 7) is 4.58. The van der Waals surface area contributed by atoms with Gasteiger partial charge in [0.25, 0.3) is 0 Å². The van der Waals surface area contributed by atoms with Crippen molar-refractivity contribution >= 4 is 27.5 Å². The van der Waals surface area contributed by atoms with Crippen molar-refractivity contribution in [2.75, 3.05) is 7.11 Å². The van der Waals surface area contributed by atoms with E-state index in [9.17, 15) is 5.11 Å². The van der Waals surface area contributed by atoms with Gasteiger partial charge < -0.3 is 9.84 Å². The second-order valence-electron chi connectivity index (χ2n) is 4.77. The van der Waals surface area contributed by atoms with Gasteiger partial charge in [-0.1, -0.05) is 27.5 Å². The van der Waals surface area contributed by atoms with Crippen LogP contribution < -0.4 is 4.74 Å². The number of benzene rings is 1. The predicted octanol–water partition coefficient (Wildman–Crippen LogP) is 3.91. The van der Waals surface area contributed by atoms with Crippen molar-refractivity contribution in [3.05, 3.63) is 44.6 Å². The van der Waals surface area contributed by atoms with E-state index in [4.69, 9.17) is 16.3 Å². The molecule has 0 spiro atoms. The molecule has 0 aliphatic rings. The van der Waals surface area contributed by atoms with E-state index in [1.165, 1.54) is 0 Å². The summed E-state index contributed by atoms with van der Waals surface area (Å²) < 4.78 is 8.03. The Morgan fingerprint density at radius 3 is 2.81 bits per heavy atom. The van der Waals surface area contributed by atoms with Gasteiger partial charge in [-0.05, 0) is 32.0 Å². The lowest BCUT2D eigenvalue weighted by Gasteiger charge is -2.16. The number of ether oxygens (including phenoxy) is 1. The lowest BCUT2D eigenvalue weighted by Crippen LogP contribution is -2.10. The van der Waals surface area contributed by atoms with Gasteiger partial charge in [-0.2, -0.15) is 5.10 Å². The molecule has 1 aromatic heterocycles. The molecule has 0 bridgehead atoms. The van der Waals surface area contributed by atoms with Gasteiger partial charge in [0.2, 0.25) is 0 Å². The first-order chi connectivity index (χ1) is 9.97. The Morgan fingerprint density at radius 2 is 2.19 bits per heavy atom. The Morgan fingerprint density at radius 1 is 1.48 bits per heavy atom. The van der Waals surface area contributed by atoms with Gasteiger partial charge >= 0.3 is 0 Å². The number of aryl methyl sites for hydroxylation is 2. The van der Waals surface area contributed by atoms with Crippen LogP contribution in [-0.2, 0) is 13.0 Å². The molecule has 0 amide bonds. The molecule has 21 heavy (non-hydrogen) atoms. The highest BCUT2D eigenvalue weighted by Crippen LogP contribution is 2.32. The quantitative estimate of drug-likeness (QED) is 0.864. The summed E-state index contributed by atoms with van der Waals surface area (Å²) >= 11 is 9.71. The molecule has 0 fully saturated rings. The van der Waals surface area contributed by atoms with Gasteiger partial charge in [0.15, 0.2) is 0 Å². The molecule has 0 aliphatic heterocycles. The second-order valence-corrected chi connectivity index (χ2v) is 6.06. The van der Waals surface area contributed by atoms with E-state index in [0.717, 1.165) is 21.4 Å². The predicted molar refractivity (Wildman–Crippen MR) is 87.0 cm³/mol. The number of nitrogens with zero attached hydrogens (tertiary/aromatic N) is 2. The molecule has 1 unspecified atom stereocenters. The van der Waals surface area contributed by atoms with Gasteiger partial charge in [-0.15, -0.1) is 0 Å². The van der Waals surface area contributed by atoms with Crippen molar-refractivity contribution in [2.45, 2.75) is 32.9 Å². The van der Waals surface area contributed by atoms with Gasteiger partial charge in [-0.3, -0.25) is 4.68 Å². The van der Waals surface area contributed by atoms with Crippen molar-refractivity contribution in [1.29, 1.82) is 0 Å². The van der Waals surface area contributed by atoms with Crippen LogP contribution >= 0.6 is 27.5 Å². The SMILES string of the molecule is CCn1nc(C)c(Cl)c1CC(O)c1cc(Br)ccc1OC. The molecular weight excluding hydrogens is 356 g/mol.